The second kappa shape index (κ2) is 6.66. The zero-order chi connectivity index (χ0) is 16.2. The highest BCUT2D eigenvalue weighted by atomic mass is 16.1. The molecule has 0 bridgehead atoms. The number of aryl methyl sites for hydroxylation is 3. The lowest BCUT2D eigenvalue weighted by Crippen LogP contribution is -2.12. The first-order chi connectivity index (χ1) is 11.1. The first-order valence-corrected chi connectivity index (χ1v) is 7.96. The minimum absolute atomic E-state index is 0.0583. The van der Waals surface area contributed by atoms with Gasteiger partial charge in [-0.2, -0.15) is 0 Å². The van der Waals surface area contributed by atoms with E-state index < -0.39 is 0 Å². The molecule has 23 heavy (non-hydrogen) atoms. The van der Waals surface area contributed by atoms with Crippen molar-refractivity contribution >= 4 is 22.4 Å². The van der Waals surface area contributed by atoms with Crippen molar-refractivity contribution in [1.29, 1.82) is 0 Å². The minimum atomic E-state index is 0.0583. The standard InChI is InChI=1S/C21H21NO/c1-15-12-16(2)14-19(13-15)22-21(23)11-10-18-8-5-7-17-6-3-4-9-20(17)18/h3-9,12-14H,10-11H2,1-2H3,(H,22,23). The molecule has 0 fully saturated rings. The third-order valence-electron chi connectivity index (χ3n) is 4.01. The number of rotatable bonds is 4. The Bertz CT molecular complexity index is 826. The van der Waals surface area contributed by atoms with E-state index in [0.717, 1.165) is 23.2 Å². The Kier molecular flexibility index (Phi) is 4.42. The quantitative estimate of drug-likeness (QED) is 0.719. The highest BCUT2D eigenvalue weighted by molar-refractivity contribution is 5.92. The summed E-state index contributed by atoms with van der Waals surface area (Å²) in [7, 11) is 0. The van der Waals surface area contributed by atoms with Gasteiger partial charge in [-0.15, -0.1) is 0 Å². The van der Waals surface area contributed by atoms with Crippen LogP contribution in [0.5, 0.6) is 0 Å². The molecule has 0 aliphatic rings. The van der Waals surface area contributed by atoms with E-state index in [1.165, 1.54) is 16.3 Å². The van der Waals surface area contributed by atoms with Crippen LogP contribution in [0.3, 0.4) is 0 Å². The normalized spacial score (nSPS) is 10.7. The number of nitrogens with one attached hydrogen (secondary N) is 1. The van der Waals surface area contributed by atoms with Crippen LogP contribution in [0, 0.1) is 13.8 Å². The average Bonchev–Trinajstić information content (AvgIpc) is 2.52. The molecule has 3 aromatic rings. The monoisotopic (exact) mass is 303 g/mol. The van der Waals surface area contributed by atoms with Crippen molar-refractivity contribution in [3.63, 3.8) is 0 Å². The summed E-state index contributed by atoms with van der Waals surface area (Å²) in [5.41, 5.74) is 4.42. The van der Waals surface area contributed by atoms with Crippen molar-refractivity contribution in [2.45, 2.75) is 26.7 Å². The van der Waals surface area contributed by atoms with Crippen LogP contribution in [-0.2, 0) is 11.2 Å². The summed E-state index contributed by atoms with van der Waals surface area (Å²) < 4.78 is 0. The second-order valence-corrected chi connectivity index (χ2v) is 6.06. The fourth-order valence-electron chi connectivity index (χ4n) is 3.03. The lowest BCUT2D eigenvalue weighted by atomic mass is 10.0. The second-order valence-electron chi connectivity index (χ2n) is 6.06. The molecule has 0 aliphatic heterocycles. The van der Waals surface area contributed by atoms with Crippen molar-refractivity contribution in [2.75, 3.05) is 5.32 Å². The zero-order valence-corrected chi connectivity index (χ0v) is 13.6. The summed E-state index contributed by atoms with van der Waals surface area (Å²) in [4.78, 5) is 12.2. The average molecular weight is 303 g/mol. The number of carbonyl (C=O) groups excluding carboxylic acids is 1. The van der Waals surface area contributed by atoms with Gasteiger partial charge < -0.3 is 5.32 Å². The number of hydrogen-bond donors (Lipinski definition) is 1. The first-order valence-electron chi connectivity index (χ1n) is 7.96. The van der Waals surface area contributed by atoms with Gasteiger partial charge in [-0.3, -0.25) is 4.79 Å². The van der Waals surface area contributed by atoms with Crippen LogP contribution < -0.4 is 5.32 Å². The molecule has 0 aromatic heterocycles. The van der Waals surface area contributed by atoms with Gasteiger partial charge in [0.05, 0.1) is 0 Å². The predicted octanol–water partition coefficient (Wildman–Crippen LogP) is 5.03. The maximum atomic E-state index is 12.2. The summed E-state index contributed by atoms with van der Waals surface area (Å²) >= 11 is 0. The molecule has 0 atom stereocenters. The molecule has 0 radical (unpaired) electrons. The molecule has 116 valence electrons. The number of benzene rings is 3. The van der Waals surface area contributed by atoms with Crippen LogP contribution in [0.1, 0.15) is 23.1 Å². The fraction of sp³-hybridized carbons (Fsp3) is 0.190. The Balaban J connectivity index is 1.68. The summed E-state index contributed by atoms with van der Waals surface area (Å²) in [6.45, 7) is 4.08. The number of anilines is 1. The summed E-state index contributed by atoms with van der Waals surface area (Å²) in [5.74, 6) is 0.0583. The largest absolute Gasteiger partial charge is 0.326 e. The van der Waals surface area contributed by atoms with Crippen molar-refractivity contribution in [3.05, 3.63) is 77.4 Å². The molecule has 1 amide bonds. The van der Waals surface area contributed by atoms with Gasteiger partial charge in [-0.05, 0) is 59.9 Å². The molecule has 0 heterocycles. The Morgan fingerprint density at radius 3 is 2.39 bits per heavy atom. The molecular formula is C21H21NO. The maximum Gasteiger partial charge on any atom is 0.224 e. The molecule has 0 unspecified atom stereocenters. The van der Waals surface area contributed by atoms with E-state index in [2.05, 4.69) is 41.7 Å². The van der Waals surface area contributed by atoms with Gasteiger partial charge in [-0.1, -0.05) is 48.5 Å². The minimum Gasteiger partial charge on any atom is -0.326 e. The van der Waals surface area contributed by atoms with Crippen molar-refractivity contribution in [2.24, 2.45) is 0 Å². The van der Waals surface area contributed by atoms with E-state index in [1.54, 1.807) is 0 Å². The van der Waals surface area contributed by atoms with E-state index in [-0.39, 0.29) is 5.91 Å². The molecule has 3 rings (SSSR count). The predicted molar refractivity (Wildman–Crippen MR) is 96.8 cm³/mol. The molecule has 0 saturated heterocycles. The molecule has 2 heteroatoms. The van der Waals surface area contributed by atoms with E-state index in [1.807, 2.05) is 38.1 Å². The molecule has 0 saturated carbocycles. The Morgan fingerprint density at radius 1 is 0.913 bits per heavy atom. The van der Waals surface area contributed by atoms with Gasteiger partial charge in [0.2, 0.25) is 5.91 Å². The van der Waals surface area contributed by atoms with Gasteiger partial charge in [0, 0.05) is 12.1 Å². The Labute approximate surface area is 137 Å². The zero-order valence-electron chi connectivity index (χ0n) is 13.6. The number of amides is 1. The maximum absolute atomic E-state index is 12.2. The summed E-state index contributed by atoms with van der Waals surface area (Å²) in [5, 5.41) is 5.46. The van der Waals surface area contributed by atoms with Gasteiger partial charge in [0.25, 0.3) is 0 Å². The molecule has 3 aromatic carbocycles. The fourth-order valence-corrected chi connectivity index (χ4v) is 3.03. The molecule has 0 spiro atoms. The van der Waals surface area contributed by atoms with Gasteiger partial charge >= 0.3 is 0 Å². The van der Waals surface area contributed by atoms with Gasteiger partial charge in [-0.25, -0.2) is 0 Å². The Morgan fingerprint density at radius 2 is 1.61 bits per heavy atom. The number of carbonyl (C=O) groups is 1. The van der Waals surface area contributed by atoms with Crippen LogP contribution in [0.15, 0.2) is 60.7 Å². The lowest BCUT2D eigenvalue weighted by molar-refractivity contribution is -0.116. The van der Waals surface area contributed by atoms with E-state index >= 15 is 0 Å². The first kappa shape index (κ1) is 15.3. The third-order valence-corrected chi connectivity index (χ3v) is 4.01. The van der Waals surface area contributed by atoms with Crippen molar-refractivity contribution in [3.8, 4) is 0 Å². The molecule has 0 aliphatic carbocycles. The van der Waals surface area contributed by atoms with Crippen LogP contribution in [-0.4, -0.2) is 5.91 Å². The molecule has 2 nitrogen and oxygen atoms in total. The molecule has 1 N–H and O–H groups in total. The van der Waals surface area contributed by atoms with Crippen molar-refractivity contribution in [1.82, 2.24) is 0 Å². The third kappa shape index (κ3) is 3.78. The SMILES string of the molecule is Cc1cc(C)cc(NC(=O)CCc2cccc3ccccc23)c1. The summed E-state index contributed by atoms with van der Waals surface area (Å²) in [6.07, 6.45) is 1.24. The van der Waals surface area contributed by atoms with E-state index in [9.17, 15) is 4.79 Å². The van der Waals surface area contributed by atoms with Crippen molar-refractivity contribution < 1.29 is 4.79 Å². The lowest BCUT2D eigenvalue weighted by Gasteiger charge is -2.09. The van der Waals surface area contributed by atoms with E-state index in [4.69, 9.17) is 0 Å². The van der Waals surface area contributed by atoms with E-state index in [0.29, 0.717) is 6.42 Å². The van der Waals surface area contributed by atoms with Crippen LogP contribution in [0.25, 0.3) is 10.8 Å². The van der Waals surface area contributed by atoms with Gasteiger partial charge in [0.1, 0.15) is 0 Å². The van der Waals surface area contributed by atoms with Gasteiger partial charge in [0.15, 0.2) is 0 Å². The van der Waals surface area contributed by atoms with Crippen LogP contribution >= 0.6 is 0 Å². The molecular weight excluding hydrogens is 282 g/mol. The smallest absolute Gasteiger partial charge is 0.224 e. The number of fused-ring (bicyclic) bond motifs is 1. The Hall–Kier alpha value is -2.61. The number of hydrogen-bond acceptors (Lipinski definition) is 1. The highest BCUT2D eigenvalue weighted by Crippen LogP contribution is 2.20. The van der Waals surface area contributed by atoms with Crippen LogP contribution in [0.4, 0.5) is 5.69 Å². The topological polar surface area (TPSA) is 29.1 Å². The highest BCUT2D eigenvalue weighted by Gasteiger charge is 2.06. The summed E-state index contributed by atoms with van der Waals surface area (Å²) in [6, 6.07) is 20.7. The van der Waals surface area contributed by atoms with Crippen LogP contribution in [0.2, 0.25) is 0 Å².